The molecule has 1 N–H and O–H groups in total. The van der Waals surface area contributed by atoms with E-state index in [4.69, 9.17) is 0 Å². The number of carbonyl (C=O) groups is 1. The smallest absolute Gasteiger partial charge is 0.356 e. The summed E-state index contributed by atoms with van der Waals surface area (Å²) in [6.45, 7) is 8.08. The van der Waals surface area contributed by atoms with Crippen LogP contribution in [-0.4, -0.2) is 34.1 Å². The van der Waals surface area contributed by atoms with Crippen molar-refractivity contribution in [1.29, 1.82) is 0 Å². The minimum atomic E-state index is -1.00. The van der Waals surface area contributed by atoms with Crippen molar-refractivity contribution in [1.82, 2.24) is 9.97 Å². The molecule has 1 atom stereocenters. The molecular formula is C14H23N3O2. The van der Waals surface area contributed by atoms with E-state index in [9.17, 15) is 9.90 Å². The third-order valence-corrected chi connectivity index (χ3v) is 3.25. The number of aromatic nitrogens is 2. The van der Waals surface area contributed by atoms with Crippen LogP contribution in [0.4, 0.5) is 5.69 Å². The number of nitrogens with zero attached hydrogens (tertiary/aromatic N) is 3. The lowest BCUT2D eigenvalue weighted by molar-refractivity contribution is 0.0690. The molecule has 0 aliphatic rings. The number of rotatable bonds is 6. The van der Waals surface area contributed by atoms with E-state index in [-0.39, 0.29) is 17.7 Å². The standard InChI is InChI=1S/C14H23N3O2/c1-6-7-10(4)17(5)11-8-15-13(9(2)3)16-12(11)14(18)19/h8-10H,6-7H2,1-5H3,(H,18,19). The zero-order chi connectivity index (χ0) is 14.6. The van der Waals surface area contributed by atoms with Crippen LogP contribution in [0.3, 0.4) is 0 Å². The van der Waals surface area contributed by atoms with Gasteiger partial charge in [0.2, 0.25) is 0 Å². The molecule has 0 saturated carbocycles. The zero-order valence-corrected chi connectivity index (χ0v) is 12.3. The number of carboxylic acids is 1. The van der Waals surface area contributed by atoms with Gasteiger partial charge in [0.05, 0.1) is 11.9 Å². The Morgan fingerprint density at radius 3 is 2.53 bits per heavy atom. The Hall–Kier alpha value is -1.65. The third kappa shape index (κ3) is 3.66. The Morgan fingerprint density at radius 2 is 2.05 bits per heavy atom. The molecule has 0 saturated heterocycles. The highest BCUT2D eigenvalue weighted by Gasteiger charge is 2.20. The summed E-state index contributed by atoms with van der Waals surface area (Å²) in [4.78, 5) is 21.8. The van der Waals surface area contributed by atoms with Gasteiger partial charge in [-0.3, -0.25) is 0 Å². The average molecular weight is 265 g/mol. The lowest BCUT2D eigenvalue weighted by Gasteiger charge is -2.27. The molecule has 0 bridgehead atoms. The summed E-state index contributed by atoms with van der Waals surface area (Å²) >= 11 is 0. The van der Waals surface area contributed by atoms with Crippen LogP contribution >= 0.6 is 0 Å². The topological polar surface area (TPSA) is 66.3 Å². The van der Waals surface area contributed by atoms with Gasteiger partial charge in [0.25, 0.3) is 0 Å². The largest absolute Gasteiger partial charge is 0.476 e. The maximum absolute atomic E-state index is 11.4. The van der Waals surface area contributed by atoms with Crippen molar-refractivity contribution in [2.75, 3.05) is 11.9 Å². The SMILES string of the molecule is CCCC(C)N(C)c1cnc(C(C)C)nc1C(=O)O. The van der Waals surface area contributed by atoms with E-state index in [2.05, 4.69) is 23.8 Å². The fraction of sp³-hybridized carbons (Fsp3) is 0.643. The number of carboxylic acid groups (broad SMARTS) is 1. The predicted molar refractivity (Wildman–Crippen MR) is 75.9 cm³/mol. The lowest BCUT2D eigenvalue weighted by Crippen LogP contribution is -2.31. The van der Waals surface area contributed by atoms with Gasteiger partial charge in [-0.05, 0) is 13.3 Å². The fourth-order valence-corrected chi connectivity index (χ4v) is 1.93. The van der Waals surface area contributed by atoms with Crippen molar-refractivity contribution in [2.45, 2.75) is 52.5 Å². The minimum Gasteiger partial charge on any atom is -0.476 e. The molecule has 0 fully saturated rings. The van der Waals surface area contributed by atoms with Gasteiger partial charge in [-0.1, -0.05) is 27.2 Å². The molecular weight excluding hydrogens is 242 g/mol. The van der Waals surface area contributed by atoms with Gasteiger partial charge in [0.1, 0.15) is 5.82 Å². The first kappa shape index (κ1) is 15.4. The maximum atomic E-state index is 11.4. The van der Waals surface area contributed by atoms with Crippen LogP contribution in [0.5, 0.6) is 0 Å². The first-order valence-corrected chi connectivity index (χ1v) is 6.71. The monoisotopic (exact) mass is 265 g/mol. The average Bonchev–Trinajstić information content (AvgIpc) is 2.37. The molecule has 5 heteroatoms. The molecule has 106 valence electrons. The van der Waals surface area contributed by atoms with Gasteiger partial charge >= 0.3 is 5.97 Å². The molecule has 1 rings (SSSR count). The van der Waals surface area contributed by atoms with Crippen LogP contribution in [0, 0.1) is 0 Å². The quantitative estimate of drug-likeness (QED) is 0.856. The van der Waals surface area contributed by atoms with E-state index in [1.165, 1.54) is 0 Å². The first-order valence-electron chi connectivity index (χ1n) is 6.71. The summed E-state index contributed by atoms with van der Waals surface area (Å²) in [5.41, 5.74) is 0.669. The Bertz CT molecular complexity index is 446. The van der Waals surface area contributed by atoms with Crippen LogP contribution < -0.4 is 4.90 Å². The highest BCUT2D eigenvalue weighted by Crippen LogP contribution is 2.22. The highest BCUT2D eigenvalue weighted by atomic mass is 16.4. The molecule has 1 aromatic rings. The lowest BCUT2D eigenvalue weighted by atomic mass is 10.1. The van der Waals surface area contributed by atoms with Crippen molar-refractivity contribution in [3.05, 3.63) is 17.7 Å². The number of hydrogen-bond donors (Lipinski definition) is 1. The Kier molecular flexibility index (Phi) is 5.27. The van der Waals surface area contributed by atoms with Gasteiger partial charge in [-0.25, -0.2) is 14.8 Å². The van der Waals surface area contributed by atoms with Gasteiger partial charge in [0, 0.05) is 19.0 Å². The summed E-state index contributed by atoms with van der Waals surface area (Å²) < 4.78 is 0. The molecule has 0 aromatic carbocycles. The van der Waals surface area contributed by atoms with E-state index < -0.39 is 5.97 Å². The molecule has 0 aliphatic carbocycles. The molecule has 0 radical (unpaired) electrons. The Labute approximate surface area is 114 Å². The van der Waals surface area contributed by atoms with E-state index >= 15 is 0 Å². The molecule has 0 aliphatic heterocycles. The number of anilines is 1. The second-order valence-corrected chi connectivity index (χ2v) is 5.17. The van der Waals surface area contributed by atoms with Crippen molar-refractivity contribution in [2.24, 2.45) is 0 Å². The summed E-state index contributed by atoms with van der Waals surface area (Å²) in [5.74, 6) is -0.321. The van der Waals surface area contributed by atoms with Crippen LogP contribution in [0.15, 0.2) is 6.20 Å². The van der Waals surface area contributed by atoms with Crippen LogP contribution in [0.25, 0.3) is 0 Å². The van der Waals surface area contributed by atoms with Gasteiger partial charge in [0.15, 0.2) is 5.69 Å². The summed E-state index contributed by atoms with van der Waals surface area (Å²) in [5, 5.41) is 9.32. The summed E-state index contributed by atoms with van der Waals surface area (Å²) in [6.07, 6.45) is 3.68. The van der Waals surface area contributed by atoms with Gasteiger partial charge in [-0.2, -0.15) is 0 Å². The second kappa shape index (κ2) is 6.50. The van der Waals surface area contributed by atoms with Crippen LogP contribution in [0.2, 0.25) is 0 Å². The molecule has 0 amide bonds. The fourth-order valence-electron chi connectivity index (χ4n) is 1.93. The van der Waals surface area contributed by atoms with Gasteiger partial charge in [-0.15, -0.1) is 0 Å². The van der Waals surface area contributed by atoms with Crippen LogP contribution in [0.1, 0.15) is 62.8 Å². The Morgan fingerprint density at radius 1 is 1.42 bits per heavy atom. The number of hydrogen-bond acceptors (Lipinski definition) is 4. The zero-order valence-electron chi connectivity index (χ0n) is 12.3. The van der Waals surface area contributed by atoms with E-state index in [1.807, 2.05) is 25.8 Å². The summed E-state index contributed by atoms with van der Waals surface area (Å²) in [7, 11) is 1.89. The summed E-state index contributed by atoms with van der Waals surface area (Å²) in [6, 6.07) is 0.261. The van der Waals surface area contributed by atoms with E-state index in [0.717, 1.165) is 12.8 Å². The third-order valence-electron chi connectivity index (χ3n) is 3.25. The molecule has 1 unspecified atom stereocenters. The first-order chi connectivity index (χ1) is 8.88. The number of aromatic carboxylic acids is 1. The predicted octanol–water partition coefficient (Wildman–Crippen LogP) is 2.92. The normalized spacial score (nSPS) is 12.5. The van der Waals surface area contributed by atoms with E-state index in [1.54, 1.807) is 6.20 Å². The molecule has 1 aromatic heterocycles. The van der Waals surface area contributed by atoms with Crippen molar-refractivity contribution >= 4 is 11.7 Å². The maximum Gasteiger partial charge on any atom is 0.356 e. The molecule has 1 heterocycles. The van der Waals surface area contributed by atoms with E-state index in [0.29, 0.717) is 11.5 Å². The molecule has 0 spiro atoms. The second-order valence-electron chi connectivity index (χ2n) is 5.17. The van der Waals surface area contributed by atoms with Crippen molar-refractivity contribution in [3.63, 3.8) is 0 Å². The molecule has 19 heavy (non-hydrogen) atoms. The van der Waals surface area contributed by atoms with Crippen molar-refractivity contribution < 1.29 is 9.90 Å². The minimum absolute atomic E-state index is 0.0872. The molecule has 5 nitrogen and oxygen atoms in total. The van der Waals surface area contributed by atoms with Gasteiger partial charge < -0.3 is 10.0 Å². The van der Waals surface area contributed by atoms with Crippen LogP contribution in [-0.2, 0) is 0 Å². The highest BCUT2D eigenvalue weighted by molar-refractivity contribution is 5.92. The van der Waals surface area contributed by atoms with Crippen molar-refractivity contribution in [3.8, 4) is 0 Å². The Balaban J connectivity index is 3.16.